The molecule has 0 radical (unpaired) electrons. The van der Waals surface area contributed by atoms with Crippen LogP contribution in [0, 0.1) is 0 Å². The number of nitrogens with zero attached hydrogens (tertiary/aromatic N) is 1. The number of carboxylic acids is 1. The molecule has 1 aromatic carbocycles. The van der Waals surface area contributed by atoms with Crippen LogP contribution >= 0.6 is 0 Å². The number of benzene rings is 1. The zero-order valence-electron chi connectivity index (χ0n) is 11.9. The lowest BCUT2D eigenvalue weighted by molar-refractivity contribution is -0.118. The first kappa shape index (κ1) is 14.6. The van der Waals surface area contributed by atoms with E-state index in [-0.39, 0.29) is 5.91 Å². The summed E-state index contributed by atoms with van der Waals surface area (Å²) in [7, 11) is 0. The van der Waals surface area contributed by atoms with E-state index in [1.54, 1.807) is 23.1 Å². The third-order valence-corrected chi connectivity index (χ3v) is 3.77. The lowest BCUT2D eigenvalue weighted by Crippen LogP contribution is -2.28. The number of hydrogen-bond acceptors (Lipinski definition) is 2. The molecule has 0 bridgehead atoms. The summed E-state index contributed by atoms with van der Waals surface area (Å²) in [5.74, 6) is -0.764. The van der Waals surface area contributed by atoms with Crippen LogP contribution in [-0.2, 0) is 11.2 Å². The van der Waals surface area contributed by atoms with Crippen LogP contribution in [0.25, 0.3) is 0 Å². The average Bonchev–Trinajstić information content (AvgIpc) is 2.86. The predicted molar refractivity (Wildman–Crippen MR) is 78.2 cm³/mol. The van der Waals surface area contributed by atoms with Crippen molar-refractivity contribution in [1.82, 2.24) is 0 Å². The van der Waals surface area contributed by atoms with Crippen LogP contribution in [0.1, 0.15) is 54.9 Å². The number of carbonyl (C=O) groups is 2. The number of carbonyl (C=O) groups excluding carboxylic acids is 1. The Morgan fingerprint density at radius 3 is 2.75 bits per heavy atom. The van der Waals surface area contributed by atoms with Gasteiger partial charge in [-0.3, -0.25) is 4.79 Å². The molecular formula is C16H21NO3. The molecule has 1 aliphatic heterocycles. The molecule has 0 unspecified atom stereocenters. The van der Waals surface area contributed by atoms with E-state index in [1.165, 1.54) is 12.8 Å². The molecule has 20 heavy (non-hydrogen) atoms. The van der Waals surface area contributed by atoms with Crippen molar-refractivity contribution in [3.05, 3.63) is 29.3 Å². The largest absolute Gasteiger partial charge is 0.478 e. The van der Waals surface area contributed by atoms with Gasteiger partial charge >= 0.3 is 5.97 Å². The maximum Gasteiger partial charge on any atom is 0.335 e. The Morgan fingerprint density at radius 1 is 1.25 bits per heavy atom. The summed E-state index contributed by atoms with van der Waals surface area (Å²) >= 11 is 0. The van der Waals surface area contributed by atoms with Crippen LogP contribution in [0.3, 0.4) is 0 Å². The molecule has 0 saturated heterocycles. The normalized spacial score (nSPS) is 13.3. The Balaban J connectivity index is 2.00. The molecule has 0 fully saturated rings. The average molecular weight is 275 g/mol. The third kappa shape index (κ3) is 3.18. The predicted octanol–water partition coefficient (Wildman–Crippen LogP) is 3.24. The standard InChI is InChI=1S/C16H21NO3/c1-2-3-4-5-6-15(18)17-10-9-12-11-13(16(19)20)7-8-14(12)17/h7-8,11H,2-6,9-10H2,1H3,(H,19,20). The fourth-order valence-electron chi connectivity index (χ4n) is 2.63. The topological polar surface area (TPSA) is 57.6 Å². The molecule has 0 aliphatic carbocycles. The van der Waals surface area contributed by atoms with Crippen molar-refractivity contribution in [3.8, 4) is 0 Å². The first-order valence-electron chi connectivity index (χ1n) is 7.30. The SMILES string of the molecule is CCCCCCC(=O)N1CCc2cc(C(=O)O)ccc21. The second kappa shape index (κ2) is 6.55. The highest BCUT2D eigenvalue weighted by molar-refractivity contribution is 5.96. The highest BCUT2D eigenvalue weighted by Gasteiger charge is 2.24. The van der Waals surface area contributed by atoms with Gasteiger partial charge in [0.25, 0.3) is 0 Å². The fourth-order valence-corrected chi connectivity index (χ4v) is 2.63. The van der Waals surface area contributed by atoms with Crippen LogP contribution < -0.4 is 4.90 Å². The lowest BCUT2D eigenvalue weighted by Gasteiger charge is -2.17. The second-order valence-corrected chi connectivity index (χ2v) is 5.25. The molecule has 0 saturated carbocycles. The van der Waals surface area contributed by atoms with E-state index < -0.39 is 5.97 Å². The minimum atomic E-state index is -0.919. The summed E-state index contributed by atoms with van der Waals surface area (Å²) in [4.78, 5) is 24.9. The molecule has 1 heterocycles. The number of fused-ring (bicyclic) bond motifs is 1. The monoisotopic (exact) mass is 275 g/mol. The molecule has 1 amide bonds. The van der Waals surface area contributed by atoms with Crippen molar-refractivity contribution in [2.75, 3.05) is 11.4 Å². The van der Waals surface area contributed by atoms with Gasteiger partial charge in [0.15, 0.2) is 0 Å². The number of aromatic carboxylic acids is 1. The molecule has 0 aromatic heterocycles. The van der Waals surface area contributed by atoms with Crippen molar-refractivity contribution in [1.29, 1.82) is 0 Å². The maximum atomic E-state index is 12.2. The van der Waals surface area contributed by atoms with Crippen LogP contribution in [0.5, 0.6) is 0 Å². The van der Waals surface area contributed by atoms with E-state index in [0.29, 0.717) is 18.5 Å². The molecule has 108 valence electrons. The van der Waals surface area contributed by atoms with Gasteiger partial charge in [-0.15, -0.1) is 0 Å². The summed E-state index contributed by atoms with van der Waals surface area (Å²) in [6.07, 6.45) is 5.70. The van der Waals surface area contributed by atoms with Gasteiger partial charge in [0.1, 0.15) is 0 Å². The van der Waals surface area contributed by atoms with Crippen molar-refractivity contribution in [2.24, 2.45) is 0 Å². The summed E-state index contributed by atoms with van der Waals surface area (Å²) < 4.78 is 0. The Kier molecular flexibility index (Phi) is 4.77. The van der Waals surface area contributed by atoms with E-state index in [1.807, 2.05) is 0 Å². The van der Waals surface area contributed by atoms with E-state index in [0.717, 1.165) is 30.5 Å². The summed E-state index contributed by atoms with van der Waals surface area (Å²) in [5, 5.41) is 8.98. The summed E-state index contributed by atoms with van der Waals surface area (Å²) in [6, 6.07) is 5.02. The number of anilines is 1. The van der Waals surface area contributed by atoms with Crippen LogP contribution in [-0.4, -0.2) is 23.5 Å². The smallest absolute Gasteiger partial charge is 0.335 e. The van der Waals surface area contributed by atoms with E-state index in [4.69, 9.17) is 5.11 Å². The molecule has 1 aliphatic rings. The van der Waals surface area contributed by atoms with Crippen molar-refractivity contribution in [3.63, 3.8) is 0 Å². The van der Waals surface area contributed by atoms with Crippen LogP contribution in [0.4, 0.5) is 5.69 Å². The minimum absolute atomic E-state index is 0.155. The van der Waals surface area contributed by atoms with Gasteiger partial charge < -0.3 is 10.0 Å². The maximum absolute atomic E-state index is 12.2. The molecule has 2 rings (SSSR count). The number of carboxylic acid groups (broad SMARTS) is 1. The highest BCUT2D eigenvalue weighted by atomic mass is 16.4. The van der Waals surface area contributed by atoms with Gasteiger partial charge in [-0.05, 0) is 36.6 Å². The Hall–Kier alpha value is -1.84. The molecular weight excluding hydrogens is 254 g/mol. The molecule has 0 atom stereocenters. The zero-order valence-corrected chi connectivity index (χ0v) is 11.9. The minimum Gasteiger partial charge on any atom is -0.478 e. The Bertz CT molecular complexity index is 510. The highest BCUT2D eigenvalue weighted by Crippen LogP contribution is 2.29. The quantitative estimate of drug-likeness (QED) is 0.811. The van der Waals surface area contributed by atoms with E-state index in [2.05, 4.69) is 6.92 Å². The third-order valence-electron chi connectivity index (χ3n) is 3.77. The number of amides is 1. The van der Waals surface area contributed by atoms with Gasteiger partial charge in [-0.1, -0.05) is 26.2 Å². The van der Waals surface area contributed by atoms with Gasteiger partial charge in [0.2, 0.25) is 5.91 Å². The molecule has 4 heteroatoms. The Labute approximate surface area is 119 Å². The van der Waals surface area contributed by atoms with Crippen molar-refractivity contribution in [2.45, 2.75) is 45.4 Å². The first-order valence-corrected chi connectivity index (χ1v) is 7.30. The second-order valence-electron chi connectivity index (χ2n) is 5.25. The van der Waals surface area contributed by atoms with Gasteiger partial charge in [0.05, 0.1) is 5.56 Å². The molecule has 1 N–H and O–H groups in total. The van der Waals surface area contributed by atoms with E-state index in [9.17, 15) is 9.59 Å². The molecule has 1 aromatic rings. The molecule has 0 spiro atoms. The fraction of sp³-hybridized carbons (Fsp3) is 0.500. The lowest BCUT2D eigenvalue weighted by atomic mass is 10.1. The number of unbranched alkanes of at least 4 members (excludes halogenated alkanes) is 3. The van der Waals surface area contributed by atoms with Gasteiger partial charge in [0, 0.05) is 18.7 Å². The van der Waals surface area contributed by atoms with Gasteiger partial charge in [-0.2, -0.15) is 0 Å². The molecule has 4 nitrogen and oxygen atoms in total. The zero-order chi connectivity index (χ0) is 14.5. The van der Waals surface area contributed by atoms with Gasteiger partial charge in [-0.25, -0.2) is 4.79 Å². The number of rotatable bonds is 6. The Morgan fingerprint density at radius 2 is 2.05 bits per heavy atom. The van der Waals surface area contributed by atoms with E-state index >= 15 is 0 Å². The summed E-state index contributed by atoms with van der Waals surface area (Å²) in [6.45, 7) is 2.82. The first-order chi connectivity index (χ1) is 9.63. The van der Waals surface area contributed by atoms with Crippen molar-refractivity contribution < 1.29 is 14.7 Å². The van der Waals surface area contributed by atoms with Crippen LogP contribution in [0.2, 0.25) is 0 Å². The number of hydrogen-bond donors (Lipinski definition) is 1. The van der Waals surface area contributed by atoms with Crippen molar-refractivity contribution >= 4 is 17.6 Å². The van der Waals surface area contributed by atoms with Crippen LogP contribution in [0.15, 0.2) is 18.2 Å². The summed E-state index contributed by atoms with van der Waals surface area (Å²) in [5.41, 5.74) is 2.14.